The highest BCUT2D eigenvalue weighted by molar-refractivity contribution is 8.07. The molecule has 1 saturated heterocycles. The van der Waals surface area contributed by atoms with E-state index in [9.17, 15) is 5.11 Å². The van der Waals surface area contributed by atoms with Gasteiger partial charge in [-0.25, -0.2) is 0 Å². The molecule has 1 rings (SSSR count). The minimum Gasteiger partial charge on any atom is -0.390 e. The van der Waals surface area contributed by atoms with Crippen molar-refractivity contribution in [2.24, 2.45) is 0 Å². The van der Waals surface area contributed by atoms with Crippen LogP contribution in [0, 0.1) is 0 Å². The summed E-state index contributed by atoms with van der Waals surface area (Å²) in [5.41, 5.74) is 0. The molecule has 90 valence electrons. The fraction of sp³-hybridized carbons (Fsp3) is 1.00. The Balaban J connectivity index is 2.37. The summed E-state index contributed by atoms with van der Waals surface area (Å²) in [5, 5.41) is 11.0. The fourth-order valence-electron chi connectivity index (χ4n) is 1.68. The van der Waals surface area contributed by atoms with Gasteiger partial charge in [-0.2, -0.15) is 23.5 Å². The van der Waals surface area contributed by atoms with Crippen LogP contribution >= 0.6 is 23.5 Å². The molecular formula is C11H22O2S2. The molecule has 0 aromatic rings. The Morgan fingerprint density at radius 1 is 1.33 bits per heavy atom. The lowest BCUT2D eigenvalue weighted by molar-refractivity contribution is 0.00497. The second kappa shape index (κ2) is 7.05. The largest absolute Gasteiger partial charge is 0.390 e. The fourth-order valence-corrected chi connectivity index (χ4v) is 4.81. The summed E-state index contributed by atoms with van der Waals surface area (Å²) in [7, 11) is 0. The standard InChI is InChI=1S/C11H22O2S2/c1-4-10-11(15-6-5-14-10)9(12)7-13-8(2)3/h8-12H,4-7H2,1-3H3. The van der Waals surface area contributed by atoms with Gasteiger partial charge in [0.25, 0.3) is 0 Å². The van der Waals surface area contributed by atoms with Crippen LogP contribution in [0.3, 0.4) is 0 Å². The number of hydrogen-bond acceptors (Lipinski definition) is 4. The maximum absolute atomic E-state index is 10.1. The van der Waals surface area contributed by atoms with Gasteiger partial charge in [-0.15, -0.1) is 0 Å². The Morgan fingerprint density at radius 2 is 2.00 bits per heavy atom. The first kappa shape index (κ1) is 13.7. The Labute approximate surface area is 102 Å². The molecule has 0 bridgehead atoms. The lowest BCUT2D eigenvalue weighted by Crippen LogP contribution is -2.39. The van der Waals surface area contributed by atoms with Crippen molar-refractivity contribution in [1.29, 1.82) is 0 Å². The summed E-state index contributed by atoms with van der Waals surface area (Å²) in [5.74, 6) is 2.38. The SMILES string of the molecule is CCC1SCCSC1C(O)COC(C)C. The number of hydrogen-bond donors (Lipinski definition) is 1. The van der Waals surface area contributed by atoms with Gasteiger partial charge in [-0.1, -0.05) is 6.92 Å². The van der Waals surface area contributed by atoms with Crippen molar-refractivity contribution in [3.63, 3.8) is 0 Å². The predicted molar refractivity (Wildman–Crippen MR) is 69.9 cm³/mol. The number of ether oxygens (including phenoxy) is 1. The molecule has 2 nitrogen and oxygen atoms in total. The minimum atomic E-state index is -0.310. The first-order valence-corrected chi connectivity index (χ1v) is 7.77. The molecule has 3 unspecified atom stereocenters. The number of thioether (sulfide) groups is 2. The molecule has 0 aromatic carbocycles. The van der Waals surface area contributed by atoms with Gasteiger partial charge >= 0.3 is 0 Å². The van der Waals surface area contributed by atoms with E-state index in [1.807, 2.05) is 37.4 Å². The van der Waals surface area contributed by atoms with E-state index in [1.54, 1.807) is 0 Å². The predicted octanol–water partition coefficient (Wildman–Crippen LogP) is 2.40. The summed E-state index contributed by atoms with van der Waals surface area (Å²) in [6.07, 6.45) is 1.04. The van der Waals surface area contributed by atoms with Crippen LogP contribution in [-0.4, -0.2) is 45.9 Å². The second-order valence-electron chi connectivity index (χ2n) is 4.10. The highest BCUT2D eigenvalue weighted by Crippen LogP contribution is 2.35. The third kappa shape index (κ3) is 4.55. The van der Waals surface area contributed by atoms with Gasteiger partial charge in [-0.3, -0.25) is 0 Å². The van der Waals surface area contributed by atoms with Crippen molar-refractivity contribution in [3.05, 3.63) is 0 Å². The van der Waals surface area contributed by atoms with Gasteiger partial charge < -0.3 is 9.84 Å². The van der Waals surface area contributed by atoms with E-state index in [0.717, 1.165) is 12.2 Å². The number of rotatable bonds is 5. The van der Waals surface area contributed by atoms with Crippen molar-refractivity contribution in [2.75, 3.05) is 18.1 Å². The van der Waals surface area contributed by atoms with Crippen molar-refractivity contribution < 1.29 is 9.84 Å². The van der Waals surface area contributed by atoms with Crippen molar-refractivity contribution in [1.82, 2.24) is 0 Å². The number of aliphatic hydroxyl groups excluding tert-OH is 1. The minimum absolute atomic E-state index is 0.209. The summed E-state index contributed by atoms with van der Waals surface area (Å²) in [6.45, 7) is 6.69. The maximum atomic E-state index is 10.1. The topological polar surface area (TPSA) is 29.5 Å². The summed E-state index contributed by atoms with van der Waals surface area (Å²) in [6, 6.07) is 0. The van der Waals surface area contributed by atoms with E-state index >= 15 is 0 Å². The van der Waals surface area contributed by atoms with Gasteiger partial charge in [0.15, 0.2) is 0 Å². The molecule has 1 heterocycles. The normalized spacial score (nSPS) is 29.4. The van der Waals surface area contributed by atoms with Crippen LogP contribution < -0.4 is 0 Å². The molecule has 0 spiro atoms. The van der Waals surface area contributed by atoms with Crippen molar-refractivity contribution in [2.45, 2.75) is 49.9 Å². The van der Waals surface area contributed by atoms with Crippen LogP contribution in [0.1, 0.15) is 27.2 Å². The zero-order valence-corrected chi connectivity index (χ0v) is 11.4. The van der Waals surface area contributed by atoms with E-state index in [2.05, 4.69) is 6.92 Å². The average molecular weight is 250 g/mol. The van der Waals surface area contributed by atoms with E-state index in [0.29, 0.717) is 17.1 Å². The van der Waals surface area contributed by atoms with E-state index in [1.165, 1.54) is 5.75 Å². The Hall–Kier alpha value is 0.620. The van der Waals surface area contributed by atoms with Crippen LogP contribution in [0.4, 0.5) is 0 Å². The van der Waals surface area contributed by atoms with Gasteiger partial charge in [0.05, 0.1) is 18.8 Å². The zero-order valence-electron chi connectivity index (χ0n) is 9.81. The quantitative estimate of drug-likeness (QED) is 0.811. The van der Waals surface area contributed by atoms with Crippen LogP contribution in [-0.2, 0) is 4.74 Å². The van der Waals surface area contributed by atoms with Crippen LogP contribution in [0.15, 0.2) is 0 Å². The van der Waals surface area contributed by atoms with Crippen LogP contribution in [0.2, 0.25) is 0 Å². The van der Waals surface area contributed by atoms with Gasteiger partial charge in [0.2, 0.25) is 0 Å². The molecule has 1 fully saturated rings. The summed E-state index contributed by atoms with van der Waals surface area (Å²) < 4.78 is 5.48. The second-order valence-corrected chi connectivity index (χ2v) is 6.74. The first-order chi connectivity index (χ1) is 7.15. The van der Waals surface area contributed by atoms with Crippen molar-refractivity contribution in [3.8, 4) is 0 Å². The molecule has 3 atom stereocenters. The molecule has 0 aromatic heterocycles. The Kier molecular flexibility index (Phi) is 6.43. The monoisotopic (exact) mass is 250 g/mol. The van der Waals surface area contributed by atoms with E-state index < -0.39 is 0 Å². The molecule has 0 aliphatic carbocycles. The third-order valence-electron chi connectivity index (χ3n) is 2.47. The Morgan fingerprint density at radius 3 is 2.60 bits per heavy atom. The van der Waals surface area contributed by atoms with Gasteiger partial charge in [0.1, 0.15) is 0 Å². The highest BCUT2D eigenvalue weighted by atomic mass is 32.2. The van der Waals surface area contributed by atoms with E-state index in [-0.39, 0.29) is 12.2 Å². The Bertz CT molecular complexity index is 176. The lowest BCUT2D eigenvalue weighted by atomic mass is 10.1. The molecule has 0 radical (unpaired) electrons. The molecule has 0 amide bonds. The average Bonchev–Trinajstić information content (AvgIpc) is 2.25. The molecule has 0 saturated carbocycles. The van der Waals surface area contributed by atoms with Crippen LogP contribution in [0.5, 0.6) is 0 Å². The molecule has 1 aliphatic rings. The van der Waals surface area contributed by atoms with E-state index in [4.69, 9.17) is 4.74 Å². The smallest absolute Gasteiger partial charge is 0.0902 e. The summed E-state index contributed by atoms with van der Waals surface area (Å²) in [4.78, 5) is 0. The molecule has 15 heavy (non-hydrogen) atoms. The molecule has 1 N–H and O–H groups in total. The zero-order chi connectivity index (χ0) is 11.3. The lowest BCUT2D eigenvalue weighted by Gasteiger charge is -2.33. The molecule has 1 aliphatic heterocycles. The summed E-state index contributed by atoms with van der Waals surface area (Å²) >= 11 is 3.90. The highest BCUT2D eigenvalue weighted by Gasteiger charge is 2.31. The first-order valence-electron chi connectivity index (χ1n) is 5.68. The molecular weight excluding hydrogens is 228 g/mol. The molecule has 4 heteroatoms. The van der Waals surface area contributed by atoms with Gasteiger partial charge in [0, 0.05) is 22.0 Å². The maximum Gasteiger partial charge on any atom is 0.0902 e. The van der Waals surface area contributed by atoms with Crippen LogP contribution in [0.25, 0.3) is 0 Å². The van der Waals surface area contributed by atoms with Gasteiger partial charge in [-0.05, 0) is 20.3 Å². The number of aliphatic hydroxyl groups is 1. The third-order valence-corrected chi connectivity index (χ3v) is 5.87. The van der Waals surface area contributed by atoms with Crippen molar-refractivity contribution >= 4 is 23.5 Å².